The van der Waals surface area contributed by atoms with Crippen molar-refractivity contribution in [3.05, 3.63) is 72.8 Å². The maximum atomic E-state index is 10.0. The molecule has 4 heteroatoms. The number of hydrogen-bond acceptors (Lipinski definition) is 3. The number of aliphatic hydroxyl groups excluding tert-OH is 2. The highest BCUT2D eigenvalue weighted by Gasteiger charge is 2.50. The number of rotatable bonds is 5. The largest absolute Gasteiger partial charge is 0.407 e. The van der Waals surface area contributed by atoms with Gasteiger partial charge in [0, 0.05) is 12.5 Å². The molecule has 1 aliphatic rings. The minimum atomic E-state index is -2.55. The van der Waals surface area contributed by atoms with Crippen molar-refractivity contribution in [3.63, 3.8) is 0 Å². The van der Waals surface area contributed by atoms with E-state index in [1.165, 1.54) is 10.4 Å². The molecule has 0 saturated heterocycles. The van der Waals surface area contributed by atoms with Gasteiger partial charge in [-0.3, -0.25) is 0 Å². The van der Waals surface area contributed by atoms with Gasteiger partial charge in [0.25, 0.3) is 8.32 Å². The summed E-state index contributed by atoms with van der Waals surface area (Å²) >= 11 is 0. The van der Waals surface area contributed by atoms with E-state index in [0.29, 0.717) is 13.0 Å². The van der Waals surface area contributed by atoms with E-state index in [1.807, 2.05) is 18.2 Å². The zero-order chi connectivity index (χ0) is 19.5. The lowest BCUT2D eigenvalue weighted by atomic mass is 9.93. The summed E-state index contributed by atoms with van der Waals surface area (Å²) in [4.78, 5) is 0. The van der Waals surface area contributed by atoms with Gasteiger partial charge >= 0.3 is 0 Å². The minimum absolute atomic E-state index is 0.0633. The summed E-state index contributed by atoms with van der Waals surface area (Å²) in [5, 5.41) is 22.2. The van der Waals surface area contributed by atoms with Crippen LogP contribution in [0.1, 0.15) is 27.2 Å². The monoisotopic (exact) mass is 382 g/mol. The van der Waals surface area contributed by atoms with Crippen LogP contribution in [0.5, 0.6) is 0 Å². The summed E-state index contributed by atoms with van der Waals surface area (Å²) in [6.45, 7) is 7.31. The number of aliphatic hydroxyl groups is 2. The van der Waals surface area contributed by atoms with Crippen LogP contribution in [0.4, 0.5) is 0 Å². The third-order valence-corrected chi connectivity index (χ3v) is 10.5. The molecule has 0 aromatic heterocycles. The average molecular weight is 383 g/mol. The fourth-order valence-electron chi connectivity index (χ4n) is 4.04. The summed E-state index contributed by atoms with van der Waals surface area (Å²) in [5.41, 5.74) is 0. The average Bonchev–Trinajstić information content (AvgIpc) is 2.66. The van der Waals surface area contributed by atoms with Crippen LogP contribution in [0.25, 0.3) is 0 Å². The Morgan fingerprint density at radius 2 is 1.41 bits per heavy atom. The zero-order valence-electron chi connectivity index (χ0n) is 16.4. The van der Waals surface area contributed by atoms with Crippen LogP contribution in [0.3, 0.4) is 0 Å². The molecule has 2 aromatic carbocycles. The van der Waals surface area contributed by atoms with Crippen molar-refractivity contribution in [1.29, 1.82) is 0 Å². The van der Waals surface area contributed by atoms with E-state index in [0.717, 1.165) is 0 Å². The van der Waals surface area contributed by atoms with E-state index in [4.69, 9.17) is 4.43 Å². The molecule has 0 aliphatic heterocycles. The second-order valence-electron chi connectivity index (χ2n) is 8.41. The molecule has 3 atom stereocenters. The first-order valence-electron chi connectivity index (χ1n) is 9.64. The second kappa shape index (κ2) is 8.11. The SMILES string of the molecule is CC(C)(C)[Si](OC[C@@H]1C=C[C@H](O)[C@H](O)C1)(c1ccccc1)c1ccccc1. The molecular weight excluding hydrogens is 352 g/mol. The molecule has 3 rings (SSSR count). The van der Waals surface area contributed by atoms with Crippen LogP contribution in [-0.4, -0.2) is 37.3 Å². The first-order valence-corrected chi connectivity index (χ1v) is 11.5. The molecule has 0 bridgehead atoms. The van der Waals surface area contributed by atoms with E-state index < -0.39 is 20.5 Å². The molecule has 0 fully saturated rings. The minimum Gasteiger partial charge on any atom is -0.407 e. The van der Waals surface area contributed by atoms with Crippen molar-refractivity contribution in [2.24, 2.45) is 5.92 Å². The maximum absolute atomic E-state index is 10.0. The van der Waals surface area contributed by atoms with Crippen LogP contribution in [0, 0.1) is 5.92 Å². The number of benzene rings is 2. The van der Waals surface area contributed by atoms with Crippen LogP contribution >= 0.6 is 0 Å². The van der Waals surface area contributed by atoms with E-state index in [2.05, 4.69) is 69.3 Å². The Kier molecular flexibility index (Phi) is 6.01. The van der Waals surface area contributed by atoms with Gasteiger partial charge in [-0.05, 0) is 21.8 Å². The van der Waals surface area contributed by atoms with E-state index in [1.54, 1.807) is 6.08 Å². The Bertz CT molecular complexity index is 713. The lowest BCUT2D eigenvalue weighted by Crippen LogP contribution is -2.67. The van der Waals surface area contributed by atoms with Crippen LogP contribution in [0.2, 0.25) is 5.04 Å². The highest BCUT2D eigenvalue weighted by Crippen LogP contribution is 2.37. The first kappa shape index (κ1) is 20.0. The van der Waals surface area contributed by atoms with Gasteiger partial charge in [0.2, 0.25) is 0 Å². The summed E-state index contributed by atoms with van der Waals surface area (Å²) in [6, 6.07) is 21.1. The van der Waals surface area contributed by atoms with E-state index in [-0.39, 0.29) is 11.0 Å². The summed E-state index contributed by atoms with van der Waals surface area (Å²) < 4.78 is 6.88. The Morgan fingerprint density at radius 3 is 1.85 bits per heavy atom. The topological polar surface area (TPSA) is 49.7 Å². The molecule has 0 amide bonds. The van der Waals surface area contributed by atoms with Crippen molar-refractivity contribution in [1.82, 2.24) is 0 Å². The molecule has 0 saturated carbocycles. The molecule has 2 N–H and O–H groups in total. The fourth-order valence-corrected chi connectivity index (χ4v) is 8.66. The molecule has 0 heterocycles. The first-order chi connectivity index (χ1) is 12.8. The van der Waals surface area contributed by atoms with Crippen molar-refractivity contribution in [2.75, 3.05) is 6.61 Å². The van der Waals surface area contributed by atoms with Crippen molar-refractivity contribution in [3.8, 4) is 0 Å². The maximum Gasteiger partial charge on any atom is 0.261 e. The van der Waals surface area contributed by atoms with Crippen molar-refractivity contribution < 1.29 is 14.6 Å². The van der Waals surface area contributed by atoms with E-state index in [9.17, 15) is 10.2 Å². The molecule has 27 heavy (non-hydrogen) atoms. The van der Waals surface area contributed by atoms with Gasteiger partial charge in [-0.25, -0.2) is 0 Å². The molecule has 0 spiro atoms. The predicted octanol–water partition coefficient (Wildman–Crippen LogP) is 2.86. The third-order valence-electron chi connectivity index (χ3n) is 5.45. The van der Waals surface area contributed by atoms with Gasteiger partial charge in [-0.2, -0.15) is 0 Å². The summed E-state index contributed by atoms with van der Waals surface area (Å²) in [6.07, 6.45) is 2.70. The van der Waals surface area contributed by atoms with Gasteiger partial charge in [-0.15, -0.1) is 0 Å². The quantitative estimate of drug-likeness (QED) is 0.618. The standard InChI is InChI=1S/C23H30O3Si/c1-23(2,3)27(19-10-6-4-7-11-19,20-12-8-5-9-13-20)26-17-18-14-15-21(24)22(25)16-18/h4-15,18,21-22,24-25H,16-17H2,1-3H3/t18-,21+,22-/m1/s1. The Hall–Kier alpha value is -1.72. The van der Waals surface area contributed by atoms with E-state index >= 15 is 0 Å². The molecule has 1 aliphatic carbocycles. The molecule has 2 aromatic rings. The van der Waals surface area contributed by atoms with Gasteiger partial charge in [-0.1, -0.05) is 93.6 Å². The molecule has 144 valence electrons. The second-order valence-corrected chi connectivity index (χ2v) is 12.7. The van der Waals surface area contributed by atoms with Gasteiger partial charge in [0.15, 0.2) is 0 Å². The van der Waals surface area contributed by atoms with Crippen LogP contribution < -0.4 is 10.4 Å². The molecule has 0 radical (unpaired) electrons. The van der Waals surface area contributed by atoms with Crippen LogP contribution in [0.15, 0.2) is 72.8 Å². The van der Waals surface area contributed by atoms with Crippen molar-refractivity contribution >= 4 is 18.7 Å². The van der Waals surface area contributed by atoms with Gasteiger partial charge in [0.05, 0.1) is 12.2 Å². The summed E-state index contributed by atoms with van der Waals surface area (Å²) in [5.74, 6) is 0.102. The normalized spacial score (nSPS) is 23.4. The lowest BCUT2D eigenvalue weighted by Gasteiger charge is -2.44. The lowest BCUT2D eigenvalue weighted by molar-refractivity contribution is 0.0233. The smallest absolute Gasteiger partial charge is 0.261 e. The Morgan fingerprint density at radius 1 is 0.889 bits per heavy atom. The Labute approximate surface area is 163 Å². The zero-order valence-corrected chi connectivity index (χ0v) is 17.4. The van der Waals surface area contributed by atoms with Crippen LogP contribution in [-0.2, 0) is 4.43 Å². The van der Waals surface area contributed by atoms with Gasteiger partial charge < -0.3 is 14.6 Å². The number of hydrogen-bond donors (Lipinski definition) is 2. The fraction of sp³-hybridized carbons (Fsp3) is 0.391. The Balaban J connectivity index is 2.01. The van der Waals surface area contributed by atoms with Gasteiger partial charge in [0.1, 0.15) is 0 Å². The van der Waals surface area contributed by atoms with Crippen molar-refractivity contribution in [2.45, 2.75) is 44.4 Å². The highest BCUT2D eigenvalue weighted by atomic mass is 28.4. The molecule has 3 nitrogen and oxygen atoms in total. The summed E-state index contributed by atoms with van der Waals surface area (Å²) in [7, 11) is -2.55. The highest BCUT2D eigenvalue weighted by molar-refractivity contribution is 6.99. The predicted molar refractivity (Wildman–Crippen MR) is 113 cm³/mol. The molecular formula is C23H30O3Si. The third kappa shape index (κ3) is 4.09. The molecule has 0 unspecified atom stereocenters.